The predicted molar refractivity (Wildman–Crippen MR) is 77.1 cm³/mol. The third-order valence-electron chi connectivity index (χ3n) is 3.93. The Morgan fingerprint density at radius 3 is 2.58 bits per heavy atom. The maximum absolute atomic E-state index is 4.25. The van der Waals surface area contributed by atoms with E-state index in [2.05, 4.69) is 53.0 Å². The summed E-state index contributed by atoms with van der Waals surface area (Å²) in [6.45, 7) is 5.28. The highest BCUT2D eigenvalue weighted by Gasteiger charge is 2.20. The smallest absolute Gasteiger partial charge is 0.0951 e. The number of nitrogens with zero attached hydrogens (tertiary/aromatic N) is 2. The summed E-state index contributed by atoms with van der Waals surface area (Å²) in [6, 6.07) is 9.79. The van der Waals surface area contributed by atoms with Crippen LogP contribution in [0.1, 0.15) is 36.7 Å². The minimum atomic E-state index is 0.472. The zero-order valence-electron chi connectivity index (χ0n) is 11.6. The number of hydrogen-bond acceptors (Lipinski definition) is 2. The lowest BCUT2D eigenvalue weighted by Crippen LogP contribution is -2.30. The van der Waals surface area contributed by atoms with Gasteiger partial charge in [-0.15, -0.1) is 0 Å². The van der Waals surface area contributed by atoms with E-state index in [1.54, 1.807) is 0 Å². The summed E-state index contributed by atoms with van der Waals surface area (Å²) in [6.07, 6.45) is 6.18. The Hall–Kier alpha value is -1.61. The van der Waals surface area contributed by atoms with Gasteiger partial charge in [-0.3, -0.25) is 0 Å². The molecule has 0 unspecified atom stereocenters. The largest absolute Gasteiger partial charge is 0.331 e. The summed E-state index contributed by atoms with van der Waals surface area (Å²) < 4.78 is 2.23. The first kappa shape index (κ1) is 12.4. The van der Waals surface area contributed by atoms with Gasteiger partial charge in [0.1, 0.15) is 0 Å². The number of aromatic nitrogens is 2. The second kappa shape index (κ2) is 5.17. The van der Waals surface area contributed by atoms with E-state index in [0.29, 0.717) is 12.1 Å². The van der Waals surface area contributed by atoms with Crippen molar-refractivity contribution in [3.63, 3.8) is 0 Å². The van der Waals surface area contributed by atoms with Crippen molar-refractivity contribution < 1.29 is 0 Å². The first-order valence-electron chi connectivity index (χ1n) is 7.05. The third-order valence-corrected chi connectivity index (χ3v) is 3.93. The van der Waals surface area contributed by atoms with E-state index in [-0.39, 0.29) is 0 Å². The first-order valence-corrected chi connectivity index (χ1v) is 7.05. The van der Waals surface area contributed by atoms with Gasteiger partial charge in [-0.2, -0.15) is 0 Å². The predicted octanol–water partition coefficient (Wildman–Crippen LogP) is 2.72. The van der Waals surface area contributed by atoms with Gasteiger partial charge in [-0.05, 0) is 37.8 Å². The summed E-state index contributed by atoms with van der Waals surface area (Å²) >= 11 is 0. The molecule has 1 aromatic heterocycles. The molecule has 2 aromatic rings. The van der Waals surface area contributed by atoms with E-state index in [1.165, 1.54) is 16.8 Å². The van der Waals surface area contributed by atoms with Crippen LogP contribution in [0.5, 0.6) is 0 Å². The van der Waals surface area contributed by atoms with E-state index < -0.39 is 0 Å². The molecule has 0 atom stereocenters. The van der Waals surface area contributed by atoms with Gasteiger partial charge in [-0.1, -0.05) is 24.3 Å². The summed E-state index contributed by atoms with van der Waals surface area (Å²) in [5, 5.41) is 3.67. The second-order valence-corrected chi connectivity index (χ2v) is 5.64. The number of imidazole rings is 1. The molecule has 19 heavy (non-hydrogen) atoms. The zero-order chi connectivity index (χ0) is 13.2. The maximum Gasteiger partial charge on any atom is 0.0951 e. The minimum absolute atomic E-state index is 0.472. The molecule has 3 nitrogen and oxygen atoms in total. The van der Waals surface area contributed by atoms with Crippen LogP contribution in [0.2, 0.25) is 0 Å². The number of nitrogens with one attached hydrogen (secondary N) is 1. The molecular formula is C16H21N3. The summed E-state index contributed by atoms with van der Waals surface area (Å²) in [5.41, 5.74) is 4.26. The van der Waals surface area contributed by atoms with Crippen molar-refractivity contribution in [1.82, 2.24) is 14.9 Å². The standard InChI is InChI=1S/C16H21N3/c1-12(2)19-11-17-9-16(19)10-18-15-7-13-5-3-4-6-14(13)8-15/h3-6,9,11-12,15,18H,7-8,10H2,1-2H3. The lowest BCUT2D eigenvalue weighted by molar-refractivity contribution is 0.497. The maximum atomic E-state index is 4.25. The highest BCUT2D eigenvalue weighted by Crippen LogP contribution is 2.22. The molecule has 0 amide bonds. The normalized spacial score (nSPS) is 15.1. The molecule has 1 aliphatic carbocycles. The van der Waals surface area contributed by atoms with Crippen LogP contribution in [-0.2, 0) is 19.4 Å². The van der Waals surface area contributed by atoms with E-state index in [1.807, 2.05) is 12.5 Å². The van der Waals surface area contributed by atoms with Gasteiger partial charge in [0.15, 0.2) is 0 Å². The van der Waals surface area contributed by atoms with Crippen LogP contribution < -0.4 is 5.32 Å². The van der Waals surface area contributed by atoms with Gasteiger partial charge in [0.2, 0.25) is 0 Å². The van der Waals surface area contributed by atoms with Gasteiger partial charge in [0, 0.05) is 24.8 Å². The molecule has 3 heteroatoms. The Balaban J connectivity index is 1.61. The van der Waals surface area contributed by atoms with Gasteiger partial charge in [-0.25, -0.2) is 4.98 Å². The molecule has 0 saturated carbocycles. The highest BCUT2D eigenvalue weighted by molar-refractivity contribution is 5.33. The van der Waals surface area contributed by atoms with Crippen LogP contribution >= 0.6 is 0 Å². The Labute approximate surface area is 114 Å². The van der Waals surface area contributed by atoms with E-state index in [9.17, 15) is 0 Å². The molecular weight excluding hydrogens is 234 g/mol. The quantitative estimate of drug-likeness (QED) is 0.910. The molecule has 0 radical (unpaired) electrons. The fraction of sp³-hybridized carbons (Fsp3) is 0.438. The molecule has 0 saturated heterocycles. The third kappa shape index (κ3) is 2.56. The summed E-state index contributed by atoms with van der Waals surface area (Å²) in [7, 11) is 0. The molecule has 100 valence electrons. The average molecular weight is 255 g/mol. The van der Waals surface area contributed by atoms with Gasteiger partial charge < -0.3 is 9.88 Å². The van der Waals surface area contributed by atoms with E-state index >= 15 is 0 Å². The summed E-state index contributed by atoms with van der Waals surface area (Å²) in [4.78, 5) is 4.25. The van der Waals surface area contributed by atoms with Crippen molar-refractivity contribution in [2.24, 2.45) is 0 Å². The number of hydrogen-bond donors (Lipinski definition) is 1. The SMILES string of the molecule is CC(C)n1cncc1CNC1Cc2ccccc2C1. The minimum Gasteiger partial charge on any atom is -0.331 e. The fourth-order valence-corrected chi connectivity index (χ4v) is 2.89. The van der Waals surface area contributed by atoms with Crippen LogP contribution in [0.4, 0.5) is 0 Å². The molecule has 0 fully saturated rings. The van der Waals surface area contributed by atoms with Crippen molar-refractivity contribution in [1.29, 1.82) is 0 Å². The topological polar surface area (TPSA) is 29.9 Å². The first-order chi connectivity index (χ1) is 9.24. The Morgan fingerprint density at radius 1 is 1.26 bits per heavy atom. The van der Waals surface area contributed by atoms with Crippen LogP contribution in [0.15, 0.2) is 36.8 Å². The number of benzene rings is 1. The fourth-order valence-electron chi connectivity index (χ4n) is 2.89. The van der Waals surface area contributed by atoms with Crippen LogP contribution in [0.3, 0.4) is 0 Å². The van der Waals surface area contributed by atoms with E-state index in [4.69, 9.17) is 0 Å². The van der Waals surface area contributed by atoms with Crippen LogP contribution in [-0.4, -0.2) is 15.6 Å². The van der Waals surface area contributed by atoms with Gasteiger partial charge >= 0.3 is 0 Å². The highest BCUT2D eigenvalue weighted by atomic mass is 15.1. The lowest BCUT2D eigenvalue weighted by Gasteiger charge is -2.15. The molecule has 0 spiro atoms. The van der Waals surface area contributed by atoms with Crippen molar-refractivity contribution in [2.75, 3.05) is 0 Å². The van der Waals surface area contributed by atoms with Gasteiger partial charge in [0.25, 0.3) is 0 Å². The molecule has 1 N–H and O–H groups in total. The van der Waals surface area contributed by atoms with E-state index in [0.717, 1.165) is 19.4 Å². The molecule has 1 aromatic carbocycles. The van der Waals surface area contributed by atoms with Crippen molar-refractivity contribution in [2.45, 2.75) is 45.3 Å². The Morgan fingerprint density at radius 2 is 1.95 bits per heavy atom. The Kier molecular flexibility index (Phi) is 3.38. The number of rotatable bonds is 4. The second-order valence-electron chi connectivity index (χ2n) is 5.64. The molecule has 3 rings (SSSR count). The Bertz CT molecular complexity index is 532. The van der Waals surface area contributed by atoms with Crippen LogP contribution in [0.25, 0.3) is 0 Å². The molecule has 0 bridgehead atoms. The molecule has 1 heterocycles. The molecule has 1 aliphatic rings. The lowest BCUT2D eigenvalue weighted by atomic mass is 10.1. The van der Waals surface area contributed by atoms with Crippen LogP contribution in [0, 0.1) is 0 Å². The van der Waals surface area contributed by atoms with Crippen molar-refractivity contribution >= 4 is 0 Å². The zero-order valence-corrected chi connectivity index (χ0v) is 11.6. The average Bonchev–Trinajstić information content (AvgIpc) is 3.02. The van der Waals surface area contributed by atoms with Gasteiger partial charge in [0.05, 0.1) is 12.0 Å². The van der Waals surface area contributed by atoms with Crippen molar-refractivity contribution in [3.05, 3.63) is 53.6 Å². The monoisotopic (exact) mass is 255 g/mol. The number of fused-ring (bicyclic) bond motifs is 1. The van der Waals surface area contributed by atoms with Crippen molar-refractivity contribution in [3.8, 4) is 0 Å². The summed E-state index contributed by atoms with van der Waals surface area (Å²) in [5.74, 6) is 0. The molecule has 0 aliphatic heterocycles.